The van der Waals surface area contributed by atoms with Gasteiger partial charge in [0.05, 0.1) is 11.4 Å². The molecule has 0 radical (unpaired) electrons. The highest BCUT2D eigenvalue weighted by Gasteiger charge is 2.56. The van der Waals surface area contributed by atoms with Crippen LogP contribution in [0.25, 0.3) is 5.69 Å². The third-order valence-electron chi connectivity index (χ3n) is 4.90. The summed E-state index contributed by atoms with van der Waals surface area (Å²) in [5, 5.41) is 9.55. The zero-order valence-electron chi connectivity index (χ0n) is 14.5. The predicted octanol–water partition coefficient (Wildman–Crippen LogP) is 1.69. The van der Waals surface area contributed by atoms with Crippen molar-refractivity contribution in [2.45, 2.75) is 25.3 Å². The Labute approximate surface area is 163 Å². The van der Waals surface area contributed by atoms with Crippen LogP contribution in [-0.4, -0.2) is 49.6 Å². The summed E-state index contributed by atoms with van der Waals surface area (Å²) in [6, 6.07) is 4.77. The third-order valence-corrected chi connectivity index (χ3v) is 5.39. The molecule has 1 aromatic carbocycles. The lowest BCUT2D eigenvalue weighted by atomic mass is 9.96. The molecule has 27 heavy (non-hydrogen) atoms. The number of nitrogens with zero attached hydrogens (tertiary/aromatic N) is 4. The maximum atomic E-state index is 12.6. The van der Waals surface area contributed by atoms with E-state index in [9.17, 15) is 14.4 Å². The average Bonchev–Trinajstić information content (AvgIpc) is 3.30. The molecule has 1 unspecified atom stereocenters. The minimum atomic E-state index is -0.904. The number of aromatic nitrogens is 3. The zero-order valence-corrected chi connectivity index (χ0v) is 16.1. The number of urea groups is 1. The highest BCUT2D eigenvalue weighted by atomic mass is 79.9. The van der Waals surface area contributed by atoms with Crippen molar-refractivity contribution in [2.75, 3.05) is 11.9 Å². The molecule has 1 aromatic heterocycles. The SMILES string of the molecule is CC1(C2CC2)NC(=O)N(CC(=O)Nc2cc(Br)ccc2-n2cncn2)C1=O. The molecule has 2 heterocycles. The molecule has 4 amide bonds. The van der Waals surface area contributed by atoms with Crippen molar-refractivity contribution in [2.24, 2.45) is 5.92 Å². The molecule has 1 atom stereocenters. The summed E-state index contributed by atoms with van der Waals surface area (Å²) in [5.41, 5.74) is 0.194. The second kappa shape index (κ2) is 6.45. The van der Waals surface area contributed by atoms with E-state index >= 15 is 0 Å². The van der Waals surface area contributed by atoms with Crippen molar-refractivity contribution >= 4 is 39.5 Å². The number of carbonyl (C=O) groups excluding carboxylic acids is 3. The number of imide groups is 1. The van der Waals surface area contributed by atoms with Crippen molar-refractivity contribution in [1.29, 1.82) is 0 Å². The summed E-state index contributed by atoms with van der Waals surface area (Å²) >= 11 is 3.37. The summed E-state index contributed by atoms with van der Waals surface area (Å²) in [4.78, 5) is 42.3. The molecule has 10 heteroatoms. The number of amides is 4. The highest BCUT2D eigenvalue weighted by Crippen LogP contribution is 2.42. The van der Waals surface area contributed by atoms with Gasteiger partial charge in [-0.1, -0.05) is 15.9 Å². The number of hydrogen-bond acceptors (Lipinski definition) is 5. The van der Waals surface area contributed by atoms with E-state index in [1.54, 1.807) is 19.1 Å². The lowest BCUT2D eigenvalue weighted by Crippen LogP contribution is -2.46. The van der Waals surface area contributed by atoms with E-state index in [2.05, 4.69) is 36.6 Å². The number of carbonyl (C=O) groups is 3. The van der Waals surface area contributed by atoms with E-state index in [0.29, 0.717) is 11.4 Å². The van der Waals surface area contributed by atoms with Crippen LogP contribution >= 0.6 is 15.9 Å². The largest absolute Gasteiger partial charge is 0.325 e. The molecule has 0 spiro atoms. The Bertz CT molecular complexity index is 927. The van der Waals surface area contributed by atoms with Crippen molar-refractivity contribution in [3.05, 3.63) is 35.3 Å². The third kappa shape index (κ3) is 3.20. The fraction of sp³-hybridized carbons (Fsp3) is 0.353. The van der Waals surface area contributed by atoms with Gasteiger partial charge in [-0.15, -0.1) is 0 Å². The van der Waals surface area contributed by atoms with Gasteiger partial charge in [-0.2, -0.15) is 5.10 Å². The van der Waals surface area contributed by atoms with Gasteiger partial charge in [0.25, 0.3) is 5.91 Å². The van der Waals surface area contributed by atoms with Crippen molar-refractivity contribution in [3.8, 4) is 5.69 Å². The van der Waals surface area contributed by atoms with E-state index < -0.39 is 17.5 Å². The maximum absolute atomic E-state index is 12.6. The van der Waals surface area contributed by atoms with Gasteiger partial charge >= 0.3 is 6.03 Å². The second-order valence-corrected chi connectivity index (χ2v) is 7.76. The molecule has 1 aliphatic carbocycles. The van der Waals surface area contributed by atoms with Gasteiger partial charge in [0.15, 0.2) is 0 Å². The second-order valence-electron chi connectivity index (χ2n) is 6.85. The Morgan fingerprint density at radius 1 is 1.41 bits per heavy atom. The lowest BCUT2D eigenvalue weighted by Gasteiger charge is -2.20. The number of halogens is 1. The zero-order chi connectivity index (χ0) is 19.2. The monoisotopic (exact) mass is 432 g/mol. The van der Waals surface area contributed by atoms with Crippen LogP contribution in [0.5, 0.6) is 0 Å². The van der Waals surface area contributed by atoms with Crippen LogP contribution in [0, 0.1) is 5.92 Å². The number of rotatable bonds is 5. The first-order valence-electron chi connectivity index (χ1n) is 8.47. The van der Waals surface area contributed by atoms with Crippen LogP contribution in [0.2, 0.25) is 0 Å². The summed E-state index contributed by atoms with van der Waals surface area (Å²) < 4.78 is 2.28. The summed E-state index contributed by atoms with van der Waals surface area (Å²) in [7, 11) is 0. The van der Waals surface area contributed by atoms with E-state index in [0.717, 1.165) is 22.2 Å². The van der Waals surface area contributed by atoms with Crippen molar-refractivity contribution in [3.63, 3.8) is 0 Å². The molecule has 2 N–H and O–H groups in total. The molecule has 2 fully saturated rings. The smallest absolute Gasteiger partial charge is 0.323 e. The average molecular weight is 433 g/mol. The first kappa shape index (κ1) is 17.7. The Kier molecular flexibility index (Phi) is 4.22. The topological polar surface area (TPSA) is 109 Å². The lowest BCUT2D eigenvalue weighted by molar-refractivity contribution is -0.134. The molecule has 1 saturated carbocycles. The van der Waals surface area contributed by atoms with Gasteiger partial charge < -0.3 is 10.6 Å². The summed E-state index contributed by atoms with van der Waals surface area (Å²) in [5.74, 6) is -0.681. The maximum Gasteiger partial charge on any atom is 0.325 e. The highest BCUT2D eigenvalue weighted by molar-refractivity contribution is 9.10. The van der Waals surface area contributed by atoms with Crippen LogP contribution in [0.1, 0.15) is 19.8 Å². The fourth-order valence-corrected chi connectivity index (χ4v) is 3.63. The molecule has 2 aliphatic rings. The predicted molar refractivity (Wildman–Crippen MR) is 99.1 cm³/mol. The van der Waals surface area contributed by atoms with Gasteiger partial charge in [-0.05, 0) is 43.9 Å². The number of benzene rings is 1. The molecular weight excluding hydrogens is 416 g/mol. The molecule has 140 valence electrons. The number of nitrogens with one attached hydrogen (secondary N) is 2. The molecule has 0 bridgehead atoms. The van der Waals surface area contributed by atoms with Crippen LogP contribution in [0.15, 0.2) is 35.3 Å². The Morgan fingerprint density at radius 3 is 2.85 bits per heavy atom. The molecular formula is C17H17BrN6O3. The molecule has 1 aliphatic heterocycles. The van der Waals surface area contributed by atoms with Gasteiger partial charge in [0.1, 0.15) is 24.7 Å². The van der Waals surface area contributed by atoms with Crippen molar-refractivity contribution in [1.82, 2.24) is 25.0 Å². The number of anilines is 1. The fourth-order valence-electron chi connectivity index (χ4n) is 3.27. The van der Waals surface area contributed by atoms with Crippen LogP contribution < -0.4 is 10.6 Å². The van der Waals surface area contributed by atoms with Crippen LogP contribution in [0.4, 0.5) is 10.5 Å². The van der Waals surface area contributed by atoms with E-state index in [-0.39, 0.29) is 18.4 Å². The van der Waals surface area contributed by atoms with Gasteiger partial charge in [0.2, 0.25) is 5.91 Å². The van der Waals surface area contributed by atoms with Crippen LogP contribution in [-0.2, 0) is 9.59 Å². The molecule has 4 rings (SSSR count). The molecule has 2 aromatic rings. The number of hydrogen-bond donors (Lipinski definition) is 2. The Morgan fingerprint density at radius 2 is 2.19 bits per heavy atom. The molecule has 9 nitrogen and oxygen atoms in total. The standard InChI is InChI=1S/C17H17BrN6O3/c1-17(10-2-3-10)15(26)23(16(27)22-17)7-14(25)21-12-6-11(18)4-5-13(12)24-9-19-8-20-24/h4-6,8-10H,2-3,7H2,1H3,(H,21,25)(H,22,27). The Balaban J connectivity index is 1.51. The van der Waals surface area contributed by atoms with Gasteiger partial charge in [0, 0.05) is 4.47 Å². The summed E-state index contributed by atoms with van der Waals surface area (Å²) in [6.07, 6.45) is 4.71. The van der Waals surface area contributed by atoms with E-state index in [4.69, 9.17) is 0 Å². The summed E-state index contributed by atoms with van der Waals surface area (Å²) in [6.45, 7) is 1.37. The first-order chi connectivity index (χ1) is 12.9. The molecule has 1 saturated heterocycles. The normalized spacial score (nSPS) is 22.1. The van der Waals surface area contributed by atoms with E-state index in [1.807, 2.05) is 6.07 Å². The van der Waals surface area contributed by atoms with Gasteiger partial charge in [-0.25, -0.2) is 14.5 Å². The minimum Gasteiger partial charge on any atom is -0.323 e. The van der Waals surface area contributed by atoms with E-state index in [1.165, 1.54) is 17.3 Å². The quantitative estimate of drug-likeness (QED) is 0.698. The Hall–Kier alpha value is -2.75. The van der Waals surface area contributed by atoms with Crippen LogP contribution in [0.3, 0.4) is 0 Å². The van der Waals surface area contributed by atoms with Gasteiger partial charge in [-0.3, -0.25) is 14.5 Å². The van der Waals surface area contributed by atoms with Crippen molar-refractivity contribution < 1.29 is 14.4 Å². The minimum absolute atomic E-state index is 0.144. The first-order valence-corrected chi connectivity index (χ1v) is 9.26.